The van der Waals surface area contributed by atoms with Crippen molar-refractivity contribution < 1.29 is 4.79 Å². The van der Waals surface area contributed by atoms with Crippen LogP contribution in [0.1, 0.15) is 45.1 Å². The molecule has 1 aliphatic rings. The third kappa shape index (κ3) is 6.19. The summed E-state index contributed by atoms with van der Waals surface area (Å²) >= 11 is 6.27. The first-order valence-electron chi connectivity index (χ1n) is 9.47. The van der Waals surface area contributed by atoms with Crippen LogP contribution in [0.2, 0.25) is 5.02 Å². The summed E-state index contributed by atoms with van der Waals surface area (Å²) in [4.78, 5) is 16.8. The summed E-state index contributed by atoms with van der Waals surface area (Å²) in [5.41, 5.74) is 1.13. The number of nitrogens with zero attached hydrogens (tertiary/aromatic N) is 2. The van der Waals surface area contributed by atoms with E-state index in [4.69, 9.17) is 11.6 Å². The van der Waals surface area contributed by atoms with Gasteiger partial charge in [-0.15, -0.1) is 0 Å². The molecule has 0 aliphatic carbocycles. The van der Waals surface area contributed by atoms with Crippen LogP contribution in [0.15, 0.2) is 24.3 Å². The number of amides is 2. The fourth-order valence-corrected chi connectivity index (χ4v) is 3.49. The molecule has 1 aromatic carbocycles. The number of halogens is 1. The maximum atomic E-state index is 12.5. The van der Waals surface area contributed by atoms with Gasteiger partial charge in [-0.25, -0.2) is 4.79 Å². The molecule has 0 spiro atoms. The van der Waals surface area contributed by atoms with Crippen molar-refractivity contribution in [3.8, 4) is 0 Å². The van der Waals surface area contributed by atoms with Crippen LogP contribution in [0.5, 0.6) is 0 Å². The summed E-state index contributed by atoms with van der Waals surface area (Å²) in [7, 11) is 2.15. The molecule has 1 saturated heterocycles. The first-order chi connectivity index (χ1) is 12.0. The van der Waals surface area contributed by atoms with E-state index in [1.165, 1.54) is 0 Å². The smallest absolute Gasteiger partial charge is 0.317 e. The Morgan fingerprint density at radius 2 is 2.12 bits per heavy atom. The van der Waals surface area contributed by atoms with Crippen LogP contribution in [0.25, 0.3) is 0 Å². The number of hydrogen-bond acceptors (Lipinski definition) is 2. The number of benzene rings is 1. The predicted molar refractivity (Wildman–Crippen MR) is 105 cm³/mol. The van der Waals surface area contributed by atoms with Gasteiger partial charge in [0.25, 0.3) is 0 Å². The highest BCUT2D eigenvalue weighted by molar-refractivity contribution is 6.31. The zero-order valence-electron chi connectivity index (χ0n) is 15.8. The van der Waals surface area contributed by atoms with E-state index in [0.29, 0.717) is 6.04 Å². The Morgan fingerprint density at radius 3 is 2.84 bits per heavy atom. The average molecular weight is 366 g/mol. The maximum Gasteiger partial charge on any atom is 0.317 e. The van der Waals surface area contributed by atoms with Crippen LogP contribution in [0, 0.1) is 0 Å². The highest BCUT2D eigenvalue weighted by atomic mass is 35.5. The van der Waals surface area contributed by atoms with Gasteiger partial charge < -0.3 is 15.1 Å². The fourth-order valence-electron chi connectivity index (χ4n) is 3.27. The molecule has 1 fully saturated rings. The number of carbonyl (C=O) groups is 1. The van der Waals surface area contributed by atoms with Gasteiger partial charge in [0.2, 0.25) is 0 Å². The second-order valence-corrected chi connectivity index (χ2v) is 7.71. The molecule has 1 N–H and O–H groups in total. The largest absolute Gasteiger partial charge is 0.338 e. The molecule has 0 saturated carbocycles. The number of likely N-dealkylation sites (tertiary alicyclic amines) is 1. The van der Waals surface area contributed by atoms with Gasteiger partial charge in [0.1, 0.15) is 0 Å². The Kier molecular flexibility index (Phi) is 8.04. The predicted octanol–water partition coefficient (Wildman–Crippen LogP) is 4.18. The second-order valence-electron chi connectivity index (χ2n) is 7.30. The summed E-state index contributed by atoms with van der Waals surface area (Å²) in [5, 5.41) is 3.89. The van der Waals surface area contributed by atoms with Gasteiger partial charge >= 0.3 is 6.03 Å². The van der Waals surface area contributed by atoms with E-state index in [0.717, 1.165) is 62.3 Å². The van der Waals surface area contributed by atoms with E-state index < -0.39 is 0 Å². The fraction of sp³-hybridized carbons (Fsp3) is 0.650. The second kappa shape index (κ2) is 10.0. The van der Waals surface area contributed by atoms with Crippen LogP contribution in [-0.2, 0) is 6.42 Å². The van der Waals surface area contributed by atoms with Gasteiger partial charge in [0, 0.05) is 30.2 Å². The lowest BCUT2D eigenvalue weighted by Crippen LogP contribution is -2.44. The number of hydrogen-bond donors (Lipinski definition) is 1. The molecule has 25 heavy (non-hydrogen) atoms. The molecule has 1 heterocycles. The van der Waals surface area contributed by atoms with Crippen molar-refractivity contribution in [3.63, 3.8) is 0 Å². The Morgan fingerprint density at radius 1 is 1.36 bits per heavy atom. The van der Waals surface area contributed by atoms with Crippen molar-refractivity contribution in [2.75, 3.05) is 26.7 Å². The normalized spacial score (nSPS) is 17.5. The van der Waals surface area contributed by atoms with Crippen LogP contribution < -0.4 is 5.32 Å². The highest BCUT2D eigenvalue weighted by Gasteiger charge is 2.28. The van der Waals surface area contributed by atoms with Gasteiger partial charge in [-0.3, -0.25) is 0 Å². The molecule has 0 bridgehead atoms. The maximum absolute atomic E-state index is 12.5. The molecule has 5 heteroatoms. The molecular weight excluding hydrogens is 334 g/mol. The van der Waals surface area contributed by atoms with Crippen LogP contribution >= 0.6 is 11.6 Å². The van der Waals surface area contributed by atoms with E-state index in [-0.39, 0.29) is 12.1 Å². The van der Waals surface area contributed by atoms with Crippen molar-refractivity contribution in [1.82, 2.24) is 15.1 Å². The van der Waals surface area contributed by atoms with Gasteiger partial charge in [0.05, 0.1) is 0 Å². The molecule has 140 valence electrons. The number of carbonyl (C=O) groups excluding carboxylic acids is 1. The minimum atomic E-state index is 0.0757. The lowest BCUT2D eigenvalue weighted by atomic mass is 10.0. The van der Waals surface area contributed by atoms with Crippen molar-refractivity contribution in [2.45, 2.75) is 58.0 Å². The van der Waals surface area contributed by atoms with E-state index in [1.54, 1.807) is 0 Å². The lowest BCUT2D eigenvalue weighted by Gasteiger charge is -2.25. The van der Waals surface area contributed by atoms with E-state index in [2.05, 4.69) is 37.2 Å². The molecular formula is C20H32ClN3O. The number of nitrogens with one attached hydrogen (secondary N) is 1. The molecule has 0 aromatic heterocycles. The molecule has 2 amide bonds. The van der Waals surface area contributed by atoms with Crippen molar-refractivity contribution >= 4 is 17.6 Å². The summed E-state index contributed by atoms with van der Waals surface area (Å²) in [6.07, 6.45) is 5.09. The Hall–Kier alpha value is -1.26. The molecule has 1 unspecified atom stereocenters. The zero-order valence-corrected chi connectivity index (χ0v) is 16.6. The summed E-state index contributed by atoms with van der Waals surface area (Å²) in [6, 6.07) is 8.84. The topological polar surface area (TPSA) is 35.6 Å². The lowest BCUT2D eigenvalue weighted by molar-refractivity contribution is 0.192. The molecule has 4 nitrogen and oxygen atoms in total. The van der Waals surface area contributed by atoms with E-state index in [1.807, 2.05) is 23.1 Å². The SMILES string of the molecule is CC(C)N(C)CCCCNC(=O)N1CCCC1Cc1ccccc1Cl. The zero-order chi connectivity index (χ0) is 18.2. The van der Waals surface area contributed by atoms with E-state index in [9.17, 15) is 4.79 Å². The highest BCUT2D eigenvalue weighted by Crippen LogP contribution is 2.24. The quantitative estimate of drug-likeness (QED) is 0.701. The third-order valence-electron chi connectivity index (χ3n) is 5.15. The number of rotatable bonds is 8. The standard InChI is InChI=1S/C20H32ClN3O/c1-16(2)23(3)13-7-6-12-22-20(25)24-14-8-10-18(24)15-17-9-4-5-11-19(17)21/h4-5,9,11,16,18H,6-8,10,12-15H2,1-3H3,(H,22,25). The summed E-state index contributed by atoms with van der Waals surface area (Å²) in [6.45, 7) is 7.08. The monoisotopic (exact) mass is 365 g/mol. The molecule has 1 aromatic rings. The molecule has 2 rings (SSSR count). The van der Waals surface area contributed by atoms with Crippen molar-refractivity contribution in [1.29, 1.82) is 0 Å². The Labute approximate surface area is 157 Å². The minimum Gasteiger partial charge on any atom is -0.338 e. The summed E-state index contributed by atoms with van der Waals surface area (Å²) < 4.78 is 0. The van der Waals surface area contributed by atoms with Gasteiger partial charge in [-0.1, -0.05) is 29.8 Å². The minimum absolute atomic E-state index is 0.0757. The van der Waals surface area contributed by atoms with Crippen LogP contribution in [0.3, 0.4) is 0 Å². The molecule has 0 radical (unpaired) electrons. The third-order valence-corrected chi connectivity index (χ3v) is 5.52. The number of urea groups is 1. The van der Waals surface area contributed by atoms with Gasteiger partial charge in [-0.2, -0.15) is 0 Å². The summed E-state index contributed by atoms with van der Waals surface area (Å²) in [5.74, 6) is 0. The molecule has 1 atom stereocenters. The van der Waals surface area contributed by atoms with Crippen molar-refractivity contribution in [3.05, 3.63) is 34.9 Å². The van der Waals surface area contributed by atoms with E-state index >= 15 is 0 Å². The molecule has 1 aliphatic heterocycles. The van der Waals surface area contributed by atoms with Crippen LogP contribution in [-0.4, -0.2) is 54.6 Å². The first-order valence-corrected chi connectivity index (χ1v) is 9.85. The first kappa shape index (κ1) is 20.1. The van der Waals surface area contributed by atoms with Gasteiger partial charge in [0.15, 0.2) is 0 Å². The van der Waals surface area contributed by atoms with Gasteiger partial charge in [-0.05, 0) is 71.2 Å². The van der Waals surface area contributed by atoms with Crippen LogP contribution in [0.4, 0.5) is 4.79 Å². The Balaban J connectivity index is 1.74. The van der Waals surface area contributed by atoms with Crippen molar-refractivity contribution in [2.24, 2.45) is 0 Å². The average Bonchev–Trinajstić information content (AvgIpc) is 3.04. The Bertz CT molecular complexity index is 549. The number of unbranched alkanes of at least 4 members (excludes halogenated alkanes) is 1.